The lowest BCUT2D eigenvalue weighted by Crippen LogP contribution is -2.52. The summed E-state index contributed by atoms with van der Waals surface area (Å²) in [5.74, 6) is 0.110. The molecule has 0 spiro atoms. The number of ether oxygens (including phenoxy) is 1. The average molecular weight is 401 g/mol. The Kier molecular flexibility index (Phi) is 6.76. The highest BCUT2D eigenvalue weighted by atomic mass is 35.5. The van der Waals surface area contributed by atoms with Crippen molar-refractivity contribution in [2.75, 3.05) is 45.3 Å². The molecule has 4 nitrogen and oxygen atoms in total. The fraction of sp³-hybridized carbons (Fsp3) is 0.435. The van der Waals surface area contributed by atoms with Gasteiger partial charge in [-0.05, 0) is 50.7 Å². The van der Waals surface area contributed by atoms with Crippen molar-refractivity contribution in [3.63, 3.8) is 0 Å². The Labute approximate surface area is 173 Å². The molecule has 150 valence electrons. The summed E-state index contributed by atoms with van der Waals surface area (Å²) < 4.78 is 5.42. The Morgan fingerprint density at radius 1 is 1.14 bits per heavy atom. The third-order valence-corrected chi connectivity index (χ3v) is 6.07. The number of hydrogen-bond donors (Lipinski definition) is 0. The van der Waals surface area contributed by atoms with Crippen molar-refractivity contribution >= 4 is 23.1 Å². The van der Waals surface area contributed by atoms with Crippen LogP contribution in [0.1, 0.15) is 29.3 Å². The third-order valence-electron chi connectivity index (χ3n) is 5.76. The second-order valence-corrected chi connectivity index (χ2v) is 7.94. The molecular formula is C23H29ClN2O2. The molecule has 1 heterocycles. The zero-order valence-electron chi connectivity index (χ0n) is 17.0. The molecule has 3 rings (SSSR count). The summed E-state index contributed by atoms with van der Waals surface area (Å²) in [6.45, 7) is 5.11. The minimum atomic E-state index is -0.606. The van der Waals surface area contributed by atoms with E-state index in [4.69, 9.17) is 16.3 Å². The Morgan fingerprint density at radius 3 is 2.39 bits per heavy atom. The van der Waals surface area contributed by atoms with Gasteiger partial charge in [0.25, 0.3) is 0 Å². The normalized spacial score (nSPS) is 16.8. The Morgan fingerprint density at radius 2 is 1.82 bits per heavy atom. The quantitative estimate of drug-likeness (QED) is 0.648. The molecule has 2 aromatic rings. The van der Waals surface area contributed by atoms with E-state index in [1.807, 2.05) is 55.4 Å². The lowest BCUT2D eigenvalue weighted by Gasteiger charge is -2.38. The molecule has 0 amide bonds. The monoisotopic (exact) mass is 400 g/mol. The van der Waals surface area contributed by atoms with Crippen molar-refractivity contribution in [2.45, 2.75) is 25.3 Å². The van der Waals surface area contributed by atoms with Crippen LogP contribution >= 0.6 is 11.6 Å². The van der Waals surface area contributed by atoms with Crippen LogP contribution in [-0.2, 0) is 11.2 Å². The van der Waals surface area contributed by atoms with Gasteiger partial charge < -0.3 is 9.64 Å². The number of carbonyl (C=O) groups is 1. The molecule has 0 aliphatic carbocycles. The number of rotatable bonds is 7. The molecule has 2 aromatic carbocycles. The first-order valence-corrected chi connectivity index (χ1v) is 10.2. The molecule has 1 unspecified atom stereocenters. The predicted octanol–water partition coefficient (Wildman–Crippen LogP) is 4.31. The highest BCUT2D eigenvalue weighted by Gasteiger charge is 2.39. The first kappa shape index (κ1) is 20.8. The van der Waals surface area contributed by atoms with Crippen LogP contribution in [0.25, 0.3) is 0 Å². The van der Waals surface area contributed by atoms with E-state index < -0.39 is 5.54 Å². The number of anilines is 1. The van der Waals surface area contributed by atoms with Gasteiger partial charge in [0.2, 0.25) is 0 Å². The summed E-state index contributed by atoms with van der Waals surface area (Å²) in [6, 6.07) is 15.9. The summed E-state index contributed by atoms with van der Waals surface area (Å²) in [6.07, 6.45) is 1.38. The molecule has 0 saturated carbocycles. The van der Waals surface area contributed by atoms with Gasteiger partial charge in [0.1, 0.15) is 0 Å². The van der Waals surface area contributed by atoms with Crippen molar-refractivity contribution in [1.82, 2.24) is 4.90 Å². The molecule has 1 atom stereocenters. The Hall–Kier alpha value is -1.88. The molecule has 0 N–H and O–H groups in total. The average Bonchev–Trinajstić information content (AvgIpc) is 2.72. The zero-order valence-corrected chi connectivity index (χ0v) is 17.7. The number of ketones is 1. The molecule has 0 radical (unpaired) electrons. The van der Waals surface area contributed by atoms with E-state index in [0.29, 0.717) is 30.2 Å². The number of morpholine rings is 1. The SMILES string of the molecule is CCC(Cc1ccccc1)(C(=O)c1ccc(N2CCOCC2)c(Cl)c1)N(C)C. The number of hydrogen-bond acceptors (Lipinski definition) is 4. The summed E-state index contributed by atoms with van der Waals surface area (Å²) in [4.78, 5) is 17.9. The summed E-state index contributed by atoms with van der Waals surface area (Å²) in [5.41, 5.74) is 2.18. The third kappa shape index (κ3) is 4.24. The fourth-order valence-electron chi connectivity index (χ4n) is 3.95. The minimum absolute atomic E-state index is 0.110. The van der Waals surface area contributed by atoms with Crippen LogP contribution < -0.4 is 4.90 Å². The highest BCUT2D eigenvalue weighted by molar-refractivity contribution is 6.33. The van der Waals surface area contributed by atoms with Crippen molar-refractivity contribution in [1.29, 1.82) is 0 Å². The van der Waals surface area contributed by atoms with Gasteiger partial charge >= 0.3 is 0 Å². The van der Waals surface area contributed by atoms with Gasteiger partial charge in [-0.1, -0.05) is 48.9 Å². The molecule has 1 fully saturated rings. The first-order chi connectivity index (χ1) is 13.5. The largest absolute Gasteiger partial charge is 0.378 e. The predicted molar refractivity (Wildman–Crippen MR) is 116 cm³/mol. The van der Waals surface area contributed by atoms with Gasteiger partial charge in [-0.3, -0.25) is 9.69 Å². The number of halogens is 1. The smallest absolute Gasteiger partial charge is 0.183 e. The topological polar surface area (TPSA) is 32.8 Å². The molecular weight excluding hydrogens is 372 g/mol. The van der Waals surface area contributed by atoms with Gasteiger partial charge in [0, 0.05) is 18.7 Å². The molecule has 0 aromatic heterocycles. The molecule has 1 aliphatic rings. The molecule has 0 bridgehead atoms. The maximum Gasteiger partial charge on any atom is 0.183 e. The molecule has 1 saturated heterocycles. The van der Waals surface area contributed by atoms with Crippen molar-refractivity contribution in [3.05, 3.63) is 64.7 Å². The van der Waals surface area contributed by atoms with Crippen LogP contribution in [0.2, 0.25) is 5.02 Å². The van der Waals surface area contributed by atoms with Crippen LogP contribution in [0.5, 0.6) is 0 Å². The van der Waals surface area contributed by atoms with Crippen molar-refractivity contribution in [2.24, 2.45) is 0 Å². The molecule has 28 heavy (non-hydrogen) atoms. The van der Waals surface area contributed by atoms with E-state index in [9.17, 15) is 4.79 Å². The molecule has 5 heteroatoms. The van der Waals surface area contributed by atoms with Gasteiger partial charge in [0.15, 0.2) is 5.78 Å². The van der Waals surface area contributed by atoms with Crippen LogP contribution in [0.3, 0.4) is 0 Å². The summed E-state index contributed by atoms with van der Waals surface area (Å²) >= 11 is 6.59. The second kappa shape index (κ2) is 9.08. The van der Waals surface area contributed by atoms with Crippen molar-refractivity contribution < 1.29 is 9.53 Å². The van der Waals surface area contributed by atoms with Gasteiger partial charge in [-0.25, -0.2) is 0 Å². The number of benzene rings is 2. The van der Waals surface area contributed by atoms with E-state index in [1.54, 1.807) is 0 Å². The maximum absolute atomic E-state index is 13.6. The Balaban J connectivity index is 1.91. The second-order valence-electron chi connectivity index (χ2n) is 7.54. The maximum atomic E-state index is 13.6. The number of Topliss-reactive ketones (excluding diaryl/α,β-unsaturated/α-hetero) is 1. The van der Waals surface area contributed by atoms with E-state index in [-0.39, 0.29) is 5.78 Å². The van der Waals surface area contributed by atoms with Crippen LogP contribution in [0.15, 0.2) is 48.5 Å². The highest BCUT2D eigenvalue weighted by Crippen LogP contribution is 2.32. The number of likely N-dealkylation sites (N-methyl/N-ethyl adjacent to an activating group) is 1. The van der Waals surface area contributed by atoms with Gasteiger partial charge in [-0.15, -0.1) is 0 Å². The van der Waals surface area contributed by atoms with Gasteiger partial charge in [-0.2, -0.15) is 0 Å². The minimum Gasteiger partial charge on any atom is -0.378 e. The summed E-state index contributed by atoms with van der Waals surface area (Å²) in [7, 11) is 3.96. The fourth-order valence-corrected chi connectivity index (χ4v) is 4.25. The van der Waals surface area contributed by atoms with E-state index >= 15 is 0 Å². The van der Waals surface area contributed by atoms with E-state index in [1.165, 1.54) is 0 Å². The summed E-state index contributed by atoms with van der Waals surface area (Å²) in [5, 5.41) is 0.622. The van der Waals surface area contributed by atoms with Gasteiger partial charge in [0.05, 0.1) is 29.5 Å². The van der Waals surface area contributed by atoms with E-state index in [0.717, 1.165) is 30.8 Å². The van der Waals surface area contributed by atoms with E-state index in [2.05, 4.69) is 24.0 Å². The first-order valence-electron chi connectivity index (χ1n) is 9.86. The van der Waals surface area contributed by atoms with Crippen LogP contribution in [-0.4, -0.2) is 56.6 Å². The number of nitrogens with zero attached hydrogens (tertiary/aromatic N) is 2. The standard InChI is InChI=1S/C23H29ClN2O2/c1-4-23(25(2)3,17-18-8-6-5-7-9-18)22(27)19-10-11-21(20(24)16-19)26-12-14-28-15-13-26/h5-11,16H,4,12-15,17H2,1-3H3. The van der Waals surface area contributed by atoms with Crippen LogP contribution in [0.4, 0.5) is 5.69 Å². The van der Waals surface area contributed by atoms with Crippen molar-refractivity contribution in [3.8, 4) is 0 Å². The lowest BCUT2D eigenvalue weighted by molar-refractivity contribution is 0.0666. The lowest BCUT2D eigenvalue weighted by atomic mass is 9.80. The molecule has 1 aliphatic heterocycles. The zero-order chi connectivity index (χ0) is 20.1. The van der Waals surface area contributed by atoms with Crippen LogP contribution in [0, 0.1) is 0 Å². The number of carbonyl (C=O) groups excluding carboxylic acids is 1. The Bertz CT molecular complexity index is 804.